The Kier molecular flexibility index (Phi) is 21.2. The lowest BCUT2D eigenvalue weighted by Crippen LogP contribution is -2.70. The minimum atomic E-state index is -1.59. The van der Waals surface area contributed by atoms with E-state index >= 15 is 4.79 Å². The number of aliphatic hydroxyl groups excluding tert-OH is 2. The van der Waals surface area contributed by atoms with Crippen molar-refractivity contribution >= 4 is 23.8 Å². The largest absolute Gasteiger partial charge is 0.459 e. The van der Waals surface area contributed by atoms with Crippen LogP contribution < -0.4 is 18.9 Å². The highest BCUT2D eigenvalue weighted by Crippen LogP contribution is 2.62. The number of nitro groups is 1. The number of aliphatic hydroxyl groups is 2. The number of unbranched alkanes of at least 4 members (excludes halogenated alkanes) is 11. The third-order valence-corrected chi connectivity index (χ3v) is 15.6. The number of hydrogen-bond donors (Lipinski definition) is 2. The molecule has 2 heterocycles. The molecule has 1 saturated carbocycles. The molecule has 2 aliphatic carbocycles. The van der Waals surface area contributed by atoms with E-state index in [-0.39, 0.29) is 76.2 Å². The Morgan fingerprint density at radius 1 is 0.833 bits per heavy atom. The molecule has 4 aromatic carbocycles. The number of nitro benzene ring substituents is 1. The number of aldehydes is 1. The molecule has 0 saturated heterocycles. The van der Waals surface area contributed by atoms with Crippen LogP contribution in [0.4, 0.5) is 10.5 Å². The summed E-state index contributed by atoms with van der Waals surface area (Å²) in [7, 11) is 0. The van der Waals surface area contributed by atoms with Gasteiger partial charge in [0.1, 0.15) is 36.2 Å². The van der Waals surface area contributed by atoms with Crippen LogP contribution in [0.5, 0.6) is 28.7 Å². The summed E-state index contributed by atoms with van der Waals surface area (Å²) in [4.78, 5) is 46.2. The first-order valence-electron chi connectivity index (χ1n) is 28.2. The van der Waals surface area contributed by atoms with E-state index in [1.165, 1.54) is 50.7 Å². The summed E-state index contributed by atoms with van der Waals surface area (Å²) < 4.78 is 39.1. The molecule has 418 valence electrons. The van der Waals surface area contributed by atoms with E-state index in [0.29, 0.717) is 71.3 Å². The second-order valence-corrected chi connectivity index (χ2v) is 20.9. The lowest BCUT2D eigenvalue weighted by atomic mass is 9.55. The number of oxime groups is 1. The number of ether oxygens (including phenoxy) is 6. The van der Waals surface area contributed by atoms with Crippen molar-refractivity contribution in [3.05, 3.63) is 142 Å². The summed E-state index contributed by atoms with van der Waals surface area (Å²) in [5.74, 6) is 0.00187. The van der Waals surface area contributed by atoms with Crippen molar-refractivity contribution in [3.63, 3.8) is 0 Å². The maximum Gasteiger partial charge on any atom is 0.410 e. The molecule has 2 N–H and O–H groups in total. The van der Waals surface area contributed by atoms with Crippen molar-refractivity contribution in [2.24, 2.45) is 22.9 Å². The average Bonchev–Trinajstić information content (AvgIpc) is 4.04. The zero-order valence-corrected chi connectivity index (χ0v) is 45.1. The van der Waals surface area contributed by atoms with Gasteiger partial charge in [0.2, 0.25) is 12.6 Å². The van der Waals surface area contributed by atoms with Gasteiger partial charge in [0.05, 0.1) is 29.8 Å². The quantitative estimate of drug-likeness (QED) is 0.0154. The van der Waals surface area contributed by atoms with Crippen molar-refractivity contribution in [2.75, 3.05) is 33.2 Å². The summed E-state index contributed by atoms with van der Waals surface area (Å²) >= 11 is 0. The number of carbonyl (C=O) groups excluding carboxylic acids is 2. The molecule has 1 fully saturated rings. The minimum absolute atomic E-state index is 0.00248. The molecule has 6 atom stereocenters. The molecule has 0 radical (unpaired) electrons. The highest BCUT2D eigenvalue weighted by atomic mass is 16.7. The van der Waals surface area contributed by atoms with Gasteiger partial charge in [-0.3, -0.25) is 19.8 Å². The molecule has 8 rings (SSSR count). The van der Waals surface area contributed by atoms with E-state index in [9.17, 15) is 25.1 Å². The van der Waals surface area contributed by atoms with Gasteiger partial charge in [0.25, 0.3) is 5.69 Å². The van der Waals surface area contributed by atoms with Crippen LogP contribution in [0.1, 0.15) is 149 Å². The molecular weight excluding hydrogens is 995 g/mol. The Hall–Kier alpha value is -6.75. The van der Waals surface area contributed by atoms with Gasteiger partial charge in [-0.15, -0.1) is 6.58 Å². The van der Waals surface area contributed by atoms with E-state index < -0.39 is 28.8 Å². The lowest BCUT2D eigenvalue weighted by Gasteiger charge is -2.59. The molecule has 0 aromatic heterocycles. The lowest BCUT2D eigenvalue weighted by molar-refractivity contribution is -0.384. The van der Waals surface area contributed by atoms with Crippen LogP contribution in [0.25, 0.3) is 0 Å². The Bertz CT molecular complexity index is 2690. The van der Waals surface area contributed by atoms with Gasteiger partial charge in [-0.1, -0.05) is 113 Å². The van der Waals surface area contributed by atoms with E-state index in [2.05, 4.69) is 19.6 Å². The number of hydrogen-bond acceptors (Lipinski definition) is 14. The maximum absolute atomic E-state index is 15.3. The number of nitrogens with zero attached hydrogens (tertiary/aromatic N) is 3. The topological polar surface area (TPSA) is 198 Å². The number of allylic oxidation sites excluding steroid dienone is 1. The van der Waals surface area contributed by atoms with Gasteiger partial charge in [-0.2, -0.15) is 0 Å². The van der Waals surface area contributed by atoms with Crippen molar-refractivity contribution < 1.29 is 58.0 Å². The molecule has 0 bridgehead atoms. The van der Waals surface area contributed by atoms with Crippen LogP contribution in [-0.4, -0.2) is 83.2 Å². The maximum atomic E-state index is 15.3. The molecule has 4 aliphatic rings. The SMILES string of the molecule is C=CCO[C@@]12Oc3ccc(Oc4cccc(C=O)c4)cc3[C@H]3[C@H](CCCCO)[C@@H](CCCCO)C=C(C(=NOCc4ccc([N+](=O)[O-])cc4)C[C@@H]1N(Cc1ccc4c(c1)OCO4)C(=O)OCCCCCCCCCCCC)[C@H]32. The van der Waals surface area contributed by atoms with Crippen LogP contribution in [0, 0.1) is 27.9 Å². The van der Waals surface area contributed by atoms with Crippen LogP contribution in [-0.2, 0) is 27.5 Å². The van der Waals surface area contributed by atoms with Crippen LogP contribution in [0.3, 0.4) is 0 Å². The Morgan fingerprint density at radius 3 is 2.27 bits per heavy atom. The van der Waals surface area contributed by atoms with Crippen molar-refractivity contribution in [2.45, 2.75) is 147 Å². The summed E-state index contributed by atoms with van der Waals surface area (Å²) in [5, 5.41) is 36.7. The third kappa shape index (κ3) is 14.3. The summed E-state index contributed by atoms with van der Waals surface area (Å²) in [5.41, 5.74) is 4.10. The number of amides is 1. The van der Waals surface area contributed by atoms with E-state index in [1.54, 1.807) is 47.4 Å². The van der Waals surface area contributed by atoms with E-state index in [0.717, 1.165) is 61.5 Å². The first-order valence-corrected chi connectivity index (χ1v) is 28.2. The fraction of sp³-hybridized carbons (Fsp3) is 0.500. The average molecular weight is 1070 g/mol. The van der Waals surface area contributed by atoms with Gasteiger partial charge < -0.3 is 43.5 Å². The third-order valence-electron chi connectivity index (χ3n) is 15.6. The predicted octanol–water partition coefficient (Wildman–Crippen LogP) is 13.3. The first-order chi connectivity index (χ1) is 38.2. The Balaban J connectivity index is 1.25. The number of carbonyl (C=O) groups is 2. The minimum Gasteiger partial charge on any atom is -0.459 e. The van der Waals surface area contributed by atoms with Crippen molar-refractivity contribution in [3.8, 4) is 28.7 Å². The highest BCUT2D eigenvalue weighted by Gasteiger charge is 2.66. The number of benzene rings is 4. The second-order valence-electron chi connectivity index (χ2n) is 20.9. The van der Waals surface area contributed by atoms with Gasteiger partial charge in [-0.05, 0) is 115 Å². The van der Waals surface area contributed by atoms with Gasteiger partial charge in [0, 0.05) is 55.4 Å². The molecule has 4 aromatic rings. The fourth-order valence-electron chi connectivity index (χ4n) is 11.8. The van der Waals surface area contributed by atoms with Gasteiger partial charge in [-0.25, -0.2) is 4.79 Å². The molecule has 0 unspecified atom stereocenters. The summed E-state index contributed by atoms with van der Waals surface area (Å²) in [6.45, 7) is 6.81. The van der Waals surface area contributed by atoms with Crippen molar-refractivity contribution in [1.29, 1.82) is 0 Å². The molecule has 1 amide bonds. The normalized spacial score (nSPS) is 21.1. The second kappa shape index (κ2) is 28.7. The highest BCUT2D eigenvalue weighted by molar-refractivity contribution is 6.03. The number of rotatable bonds is 32. The van der Waals surface area contributed by atoms with Crippen LogP contribution in [0.2, 0.25) is 0 Å². The first kappa shape index (κ1) is 57.4. The fourth-order valence-corrected chi connectivity index (χ4v) is 11.8. The van der Waals surface area contributed by atoms with E-state index in [4.69, 9.17) is 38.4 Å². The smallest absolute Gasteiger partial charge is 0.410 e. The Morgan fingerprint density at radius 2 is 1.54 bits per heavy atom. The van der Waals surface area contributed by atoms with Crippen molar-refractivity contribution in [1.82, 2.24) is 4.90 Å². The monoisotopic (exact) mass is 1070 g/mol. The van der Waals surface area contributed by atoms with Gasteiger partial charge >= 0.3 is 6.09 Å². The predicted molar refractivity (Wildman–Crippen MR) is 296 cm³/mol. The zero-order valence-electron chi connectivity index (χ0n) is 45.1. The molecule has 2 aliphatic heterocycles. The summed E-state index contributed by atoms with van der Waals surface area (Å²) in [6.07, 6.45) is 19.7. The van der Waals surface area contributed by atoms with Crippen LogP contribution in [0.15, 0.2) is 114 Å². The summed E-state index contributed by atoms with van der Waals surface area (Å²) in [6, 6.07) is 23.5. The number of fused-ring (bicyclic) bond motifs is 3. The van der Waals surface area contributed by atoms with E-state index in [1.807, 2.05) is 36.4 Å². The molecule has 16 nitrogen and oxygen atoms in total. The van der Waals surface area contributed by atoms with Crippen LogP contribution >= 0.6 is 0 Å². The standard InChI is InChI=1S/C62H77N3O13/c1-3-5-6-7-8-9-10-11-12-17-34-72-61(69)64(40-45-25-29-56-57(36-45)74-43-73-56)58-39-54(63-76-42-44-23-26-48(27-24-44)65(70)71)52-37-47(20-13-15-31-66)51(22-14-16-32-67)59-53-38-50(77-49-21-18-19-46(35-49)41-68)28-30-55(53)78-62(58,60(52)59)75-33-4-2/h4,18-19,21,23-30,35-38,41,47,51,58-60,66-67H,2-3,5-17,20,22,31-34,39-40,42-43H2,1H3/t47-,51+,58-,59+,60+,62+/m0/s1. The zero-order chi connectivity index (χ0) is 54.7. The Labute approximate surface area is 458 Å². The molecule has 78 heavy (non-hydrogen) atoms. The molecule has 16 heteroatoms. The number of non-ortho nitro benzene ring substituents is 1. The molecule has 0 spiro atoms. The van der Waals surface area contributed by atoms with Gasteiger partial charge in [0.15, 0.2) is 11.5 Å². The molecular formula is C62H77N3O13.